The molecule has 0 aliphatic heterocycles. The molecule has 4 aromatic carbocycles. The molecule has 0 aliphatic carbocycles. The molecule has 42 heavy (non-hydrogen) atoms. The van der Waals surface area contributed by atoms with E-state index in [1.54, 1.807) is 48.5 Å². The van der Waals surface area contributed by atoms with Crippen LogP contribution in [-0.4, -0.2) is 17.9 Å². The van der Waals surface area contributed by atoms with Gasteiger partial charge in [0.05, 0.1) is 16.5 Å². The summed E-state index contributed by atoms with van der Waals surface area (Å²) in [6.07, 6.45) is 1.44. The predicted octanol–water partition coefficient (Wildman–Crippen LogP) is 7.38. The third-order valence-corrected chi connectivity index (χ3v) is 6.66. The molecule has 1 amide bonds. The first-order valence-electron chi connectivity index (χ1n) is 12.7. The molecule has 0 aliphatic rings. The van der Waals surface area contributed by atoms with Gasteiger partial charge in [0, 0.05) is 17.8 Å². The van der Waals surface area contributed by atoms with Crippen molar-refractivity contribution >= 4 is 39.3 Å². The number of hydrogen-bond donors (Lipinski definition) is 1. The van der Waals surface area contributed by atoms with Gasteiger partial charge < -0.3 is 19.5 Å². The lowest BCUT2D eigenvalue weighted by atomic mass is 10.1. The summed E-state index contributed by atoms with van der Waals surface area (Å²) >= 11 is 3.45. The van der Waals surface area contributed by atoms with E-state index < -0.39 is 10.8 Å². The van der Waals surface area contributed by atoms with E-state index in [-0.39, 0.29) is 17.9 Å². The van der Waals surface area contributed by atoms with E-state index in [1.807, 2.05) is 37.3 Å². The normalized spacial score (nSPS) is 10.9. The largest absolute Gasteiger partial charge is 0.493 e. The van der Waals surface area contributed by atoms with Gasteiger partial charge in [-0.05, 0) is 82.0 Å². The van der Waals surface area contributed by atoms with E-state index in [4.69, 9.17) is 14.2 Å². The number of nitro groups is 1. The lowest BCUT2D eigenvalue weighted by molar-refractivity contribution is -0.384. The number of carbonyl (C=O) groups is 1. The number of carbonyl (C=O) groups excluding carboxylic acids is 1. The average Bonchev–Trinajstić information content (AvgIpc) is 2.99. The summed E-state index contributed by atoms with van der Waals surface area (Å²) in [5.74, 6) is 0.787. The number of halogens is 1. The number of aryl methyl sites for hydroxylation is 1. The third kappa shape index (κ3) is 7.96. The second-order valence-electron chi connectivity index (χ2n) is 9.17. The number of nitrogens with one attached hydrogen (secondary N) is 1. The molecule has 0 unspecified atom stereocenters. The summed E-state index contributed by atoms with van der Waals surface area (Å²) in [4.78, 5) is 23.4. The molecule has 1 N–H and O–H groups in total. The van der Waals surface area contributed by atoms with Gasteiger partial charge in [-0.15, -0.1) is 0 Å². The Balaban J connectivity index is 1.42. The van der Waals surface area contributed by atoms with Crippen molar-refractivity contribution in [3.05, 3.63) is 127 Å². The first kappa shape index (κ1) is 29.8. The summed E-state index contributed by atoms with van der Waals surface area (Å²) in [5.41, 5.74) is 3.71. The Bertz CT molecular complexity index is 1660. The average molecular weight is 628 g/mol. The highest BCUT2D eigenvalue weighted by Crippen LogP contribution is 2.38. The molecule has 212 valence electrons. The van der Waals surface area contributed by atoms with Crippen LogP contribution >= 0.6 is 15.9 Å². The zero-order chi connectivity index (χ0) is 30.1. The lowest BCUT2D eigenvalue weighted by Crippen LogP contribution is -2.13. The fourth-order valence-electron chi connectivity index (χ4n) is 3.88. The number of benzene rings is 4. The fraction of sp³-hybridized carbons (Fsp3) is 0.125. The molecule has 0 saturated heterocycles. The van der Waals surface area contributed by atoms with Crippen molar-refractivity contribution in [3.63, 3.8) is 0 Å². The summed E-state index contributed by atoms with van der Waals surface area (Å²) < 4.78 is 17.7. The van der Waals surface area contributed by atoms with Gasteiger partial charge in [-0.25, -0.2) is 0 Å². The van der Waals surface area contributed by atoms with Crippen LogP contribution < -0.4 is 19.5 Å². The highest BCUT2D eigenvalue weighted by atomic mass is 79.9. The maximum Gasteiger partial charge on any atom is 0.269 e. The SMILES string of the molecule is COc1cc(/C=C(\C#N)C(=O)Nc2ccc(OCc3ccc(C)cc3)cc2)cc(Br)c1OCc1cccc([N+](=O)[O-])c1. The molecule has 10 heteroatoms. The zero-order valence-corrected chi connectivity index (χ0v) is 24.4. The van der Waals surface area contributed by atoms with Crippen LogP contribution in [0.4, 0.5) is 11.4 Å². The molecule has 0 saturated carbocycles. The van der Waals surface area contributed by atoms with Crippen molar-refractivity contribution in [2.24, 2.45) is 0 Å². The molecule has 0 aromatic heterocycles. The van der Waals surface area contributed by atoms with Crippen molar-refractivity contribution in [1.82, 2.24) is 0 Å². The molecular weight excluding hydrogens is 602 g/mol. The van der Waals surface area contributed by atoms with Crippen LogP contribution in [0.15, 0.2) is 95.0 Å². The van der Waals surface area contributed by atoms with Crippen molar-refractivity contribution in [2.75, 3.05) is 12.4 Å². The van der Waals surface area contributed by atoms with Gasteiger partial charge in [0.1, 0.15) is 30.6 Å². The minimum absolute atomic E-state index is 0.0349. The smallest absolute Gasteiger partial charge is 0.269 e. The third-order valence-electron chi connectivity index (χ3n) is 6.07. The highest BCUT2D eigenvalue weighted by molar-refractivity contribution is 9.10. The highest BCUT2D eigenvalue weighted by Gasteiger charge is 2.15. The van der Waals surface area contributed by atoms with Gasteiger partial charge >= 0.3 is 0 Å². The minimum atomic E-state index is -0.577. The lowest BCUT2D eigenvalue weighted by Gasteiger charge is -2.14. The molecular formula is C32H26BrN3O6. The Hall–Kier alpha value is -5.14. The predicted molar refractivity (Wildman–Crippen MR) is 162 cm³/mol. The van der Waals surface area contributed by atoms with Gasteiger partial charge in [0.2, 0.25) is 0 Å². The number of nitriles is 1. The molecule has 0 radical (unpaired) electrons. The molecule has 0 fully saturated rings. The first-order chi connectivity index (χ1) is 20.2. The Morgan fingerprint density at radius 1 is 1.00 bits per heavy atom. The van der Waals surface area contributed by atoms with Crippen LogP contribution in [0.5, 0.6) is 17.2 Å². The van der Waals surface area contributed by atoms with Gasteiger partial charge in [-0.3, -0.25) is 14.9 Å². The Kier molecular flexibility index (Phi) is 9.92. The number of ether oxygens (including phenoxy) is 3. The second kappa shape index (κ2) is 14.0. The number of nitrogens with zero attached hydrogens (tertiary/aromatic N) is 2. The van der Waals surface area contributed by atoms with Crippen molar-refractivity contribution < 1.29 is 23.9 Å². The summed E-state index contributed by atoms with van der Waals surface area (Å²) in [6.45, 7) is 2.51. The van der Waals surface area contributed by atoms with E-state index in [1.165, 1.54) is 30.9 Å². The maximum absolute atomic E-state index is 12.9. The molecule has 0 bridgehead atoms. The maximum atomic E-state index is 12.9. The number of hydrogen-bond acceptors (Lipinski definition) is 7. The van der Waals surface area contributed by atoms with Crippen LogP contribution in [0.3, 0.4) is 0 Å². The number of non-ortho nitro benzene ring substituents is 1. The van der Waals surface area contributed by atoms with Gasteiger partial charge in [-0.2, -0.15) is 5.26 Å². The van der Waals surface area contributed by atoms with Crippen LogP contribution in [0.1, 0.15) is 22.3 Å². The van der Waals surface area contributed by atoms with Gasteiger partial charge in [0.25, 0.3) is 11.6 Å². The molecule has 0 spiro atoms. The summed E-state index contributed by atoms with van der Waals surface area (Å²) in [5, 5.41) is 23.5. The summed E-state index contributed by atoms with van der Waals surface area (Å²) in [6, 6.07) is 26.3. The Labute approximate surface area is 251 Å². The van der Waals surface area contributed by atoms with E-state index in [9.17, 15) is 20.2 Å². The molecule has 0 atom stereocenters. The zero-order valence-electron chi connectivity index (χ0n) is 22.8. The van der Waals surface area contributed by atoms with Crippen LogP contribution in [0.25, 0.3) is 6.08 Å². The van der Waals surface area contributed by atoms with Crippen LogP contribution in [0.2, 0.25) is 0 Å². The number of nitro benzene ring substituents is 1. The van der Waals surface area contributed by atoms with Crippen molar-refractivity contribution in [1.29, 1.82) is 5.26 Å². The summed E-state index contributed by atoms with van der Waals surface area (Å²) in [7, 11) is 1.46. The molecule has 9 nitrogen and oxygen atoms in total. The minimum Gasteiger partial charge on any atom is -0.493 e. The number of rotatable bonds is 11. The molecule has 0 heterocycles. The van der Waals surface area contributed by atoms with Crippen molar-refractivity contribution in [2.45, 2.75) is 20.1 Å². The molecule has 4 aromatic rings. The van der Waals surface area contributed by atoms with E-state index in [0.29, 0.717) is 45.1 Å². The first-order valence-corrected chi connectivity index (χ1v) is 13.5. The monoisotopic (exact) mass is 627 g/mol. The Morgan fingerprint density at radius 2 is 1.71 bits per heavy atom. The Morgan fingerprint density at radius 3 is 2.38 bits per heavy atom. The number of anilines is 1. The number of amides is 1. The molecule has 4 rings (SSSR count). The van der Waals surface area contributed by atoms with Gasteiger partial charge in [0.15, 0.2) is 11.5 Å². The van der Waals surface area contributed by atoms with E-state index >= 15 is 0 Å². The van der Waals surface area contributed by atoms with E-state index in [0.717, 1.165) is 5.56 Å². The van der Waals surface area contributed by atoms with Gasteiger partial charge in [-0.1, -0.05) is 42.0 Å². The van der Waals surface area contributed by atoms with Crippen molar-refractivity contribution in [3.8, 4) is 23.3 Å². The van der Waals surface area contributed by atoms with Crippen LogP contribution in [-0.2, 0) is 18.0 Å². The topological polar surface area (TPSA) is 124 Å². The van der Waals surface area contributed by atoms with Crippen LogP contribution in [0, 0.1) is 28.4 Å². The fourth-order valence-corrected chi connectivity index (χ4v) is 4.45. The standard InChI is InChI=1S/C32H26BrN3O6/c1-21-6-8-22(9-7-21)19-41-28-12-10-26(11-13-28)35-32(37)25(18-34)14-24-16-29(33)31(30(17-24)40-2)42-20-23-4-3-5-27(15-23)36(38)39/h3-17H,19-20H2,1-2H3,(H,35,37)/b25-14+. The second-order valence-corrected chi connectivity index (χ2v) is 10.0. The quantitative estimate of drug-likeness (QED) is 0.0796. The number of methoxy groups -OCH3 is 1. The van der Waals surface area contributed by atoms with E-state index in [2.05, 4.69) is 21.2 Å².